The number of amides is 2. The standard InChI is InChI=1S/C32H35FN4O5/c1-40-27-12-8-24(9-13-27)32(39)36(15-14-35-16-18-42-19-17-35)22-31(38)37-30(23-6-10-26(33)11-7-23)21-29(34-37)25-4-3-5-28(20-25)41-2/h3-13,20,30H,14-19,21-22H2,1-2H3/t30-/m1/s1. The molecule has 0 saturated carbocycles. The smallest absolute Gasteiger partial charge is 0.262 e. The van der Waals surface area contributed by atoms with Crippen LogP contribution in [0, 0.1) is 5.82 Å². The van der Waals surface area contributed by atoms with Gasteiger partial charge in [0.2, 0.25) is 0 Å². The Morgan fingerprint density at radius 1 is 0.976 bits per heavy atom. The summed E-state index contributed by atoms with van der Waals surface area (Å²) in [5.41, 5.74) is 2.75. The van der Waals surface area contributed by atoms with Gasteiger partial charge in [-0.3, -0.25) is 14.5 Å². The van der Waals surface area contributed by atoms with E-state index in [1.54, 1.807) is 55.5 Å². The summed E-state index contributed by atoms with van der Waals surface area (Å²) < 4.78 is 29.9. The first-order chi connectivity index (χ1) is 20.4. The zero-order valence-corrected chi connectivity index (χ0v) is 23.9. The van der Waals surface area contributed by atoms with E-state index in [1.807, 2.05) is 24.3 Å². The van der Waals surface area contributed by atoms with Gasteiger partial charge in [-0.25, -0.2) is 9.40 Å². The Morgan fingerprint density at radius 2 is 1.69 bits per heavy atom. The van der Waals surface area contributed by atoms with Crippen LogP contribution in [0.3, 0.4) is 0 Å². The van der Waals surface area contributed by atoms with E-state index in [2.05, 4.69) is 4.90 Å². The fraction of sp³-hybridized carbons (Fsp3) is 0.344. The summed E-state index contributed by atoms with van der Waals surface area (Å²) in [6, 6.07) is 20.0. The molecule has 0 aromatic heterocycles. The minimum absolute atomic E-state index is 0.165. The van der Waals surface area contributed by atoms with E-state index < -0.39 is 6.04 Å². The number of ether oxygens (including phenoxy) is 3. The van der Waals surface area contributed by atoms with Crippen LogP contribution in [0.25, 0.3) is 0 Å². The lowest BCUT2D eigenvalue weighted by Crippen LogP contribution is -2.46. The van der Waals surface area contributed by atoms with Crippen LogP contribution in [0.2, 0.25) is 0 Å². The van der Waals surface area contributed by atoms with Crippen molar-refractivity contribution in [3.8, 4) is 11.5 Å². The quantitative estimate of drug-likeness (QED) is 0.364. The largest absolute Gasteiger partial charge is 0.497 e. The second-order valence-corrected chi connectivity index (χ2v) is 10.2. The van der Waals surface area contributed by atoms with E-state index in [9.17, 15) is 14.0 Å². The molecule has 2 amide bonds. The van der Waals surface area contributed by atoms with Crippen LogP contribution in [0.5, 0.6) is 11.5 Å². The Bertz CT molecular complexity index is 1410. The van der Waals surface area contributed by atoms with Crippen LogP contribution < -0.4 is 9.47 Å². The monoisotopic (exact) mass is 574 g/mol. The molecular formula is C32H35FN4O5. The van der Waals surface area contributed by atoms with Crippen molar-refractivity contribution in [2.45, 2.75) is 12.5 Å². The molecule has 0 unspecified atom stereocenters. The Balaban J connectivity index is 1.41. The third-order valence-corrected chi connectivity index (χ3v) is 7.56. The van der Waals surface area contributed by atoms with Gasteiger partial charge in [0.25, 0.3) is 11.8 Å². The summed E-state index contributed by atoms with van der Waals surface area (Å²) in [5, 5.41) is 6.18. The first-order valence-corrected chi connectivity index (χ1v) is 14.0. The van der Waals surface area contributed by atoms with Crippen LogP contribution in [-0.2, 0) is 9.53 Å². The number of halogens is 1. The summed E-state index contributed by atoms with van der Waals surface area (Å²) >= 11 is 0. The molecule has 2 aliphatic rings. The minimum atomic E-state index is -0.448. The molecule has 2 heterocycles. The second kappa shape index (κ2) is 13.6. The van der Waals surface area contributed by atoms with Crippen molar-refractivity contribution in [3.05, 3.63) is 95.3 Å². The second-order valence-electron chi connectivity index (χ2n) is 10.2. The summed E-state index contributed by atoms with van der Waals surface area (Å²) in [6.45, 7) is 3.62. The lowest BCUT2D eigenvalue weighted by Gasteiger charge is -2.31. The number of benzene rings is 3. The molecule has 10 heteroatoms. The number of hydrazone groups is 1. The summed E-state index contributed by atoms with van der Waals surface area (Å²) in [6.07, 6.45) is 0.435. The Hall–Kier alpha value is -4.28. The number of morpholine rings is 1. The number of rotatable bonds is 10. The van der Waals surface area contributed by atoms with Crippen molar-refractivity contribution in [1.29, 1.82) is 0 Å². The molecule has 0 aliphatic carbocycles. The van der Waals surface area contributed by atoms with E-state index in [0.29, 0.717) is 55.5 Å². The molecule has 9 nitrogen and oxygen atoms in total. The molecule has 1 fully saturated rings. The van der Waals surface area contributed by atoms with E-state index in [-0.39, 0.29) is 24.2 Å². The highest BCUT2D eigenvalue weighted by Gasteiger charge is 2.35. The van der Waals surface area contributed by atoms with Crippen LogP contribution in [0.15, 0.2) is 77.9 Å². The molecule has 0 spiro atoms. The molecule has 1 atom stereocenters. The van der Waals surface area contributed by atoms with Crippen molar-refractivity contribution in [2.24, 2.45) is 5.10 Å². The fourth-order valence-electron chi connectivity index (χ4n) is 5.15. The highest BCUT2D eigenvalue weighted by molar-refractivity contribution is 6.04. The molecule has 3 aromatic rings. The van der Waals surface area contributed by atoms with Gasteiger partial charge in [-0.2, -0.15) is 5.10 Å². The molecule has 0 bridgehead atoms. The highest BCUT2D eigenvalue weighted by atomic mass is 19.1. The van der Waals surface area contributed by atoms with Crippen LogP contribution in [-0.4, -0.2) is 92.5 Å². The lowest BCUT2D eigenvalue weighted by atomic mass is 9.98. The van der Waals surface area contributed by atoms with Gasteiger partial charge in [0, 0.05) is 43.7 Å². The number of methoxy groups -OCH3 is 2. The van der Waals surface area contributed by atoms with Gasteiger partial charge < -0.3 is 19.1 Å². The van der Waals surface area contributed by atoms with Crippen molar-refractivity contribution in [2.75, 3.05) is 60.2 Å². The minimum Gasteiger partial charge on any atom is -0.497 e. The number of hydrogen-bond acceptors (Lipinski definition) is 7. The van der Waals surface area contributed by atoms with Crippen molar-refractivity contribution in [3.63, 3.8) is 0 Å². The molecule has 42 heavy (non-hydrogen) atoms. The molecule has 5 rings (SSSR count). The fourth-order valence-corrected chi connectivity index (χ4v) is 5.15. The average molecular weight is 575 g/mol. The summed E-state index contributed by atoms with van der Waals surface area (Å²) in [4.78, 5) is 31.4. The molecule has 2 aliphatic heterocycles. The summed E-state index contributed by atoms with van der Waals surface area (Å²) in [7, 11) is 3.16. The van der Waals surface area contributed by atoms with Gasteiger partial charge in [-0.15, -0.1) is 0 Å². The van der Waals surface area contributed by atoms with Crippen LogP contribution in [0.4, 0.5) is 4.39 Å². The number of hydrogen-bond donors (Lipinski definition) is 0. The van der Waals surface area contributed by atoms with Gasteiger partial charge in [0.05, 0.1) is 39.2 Å². The molecular weight excluding hydrogens is 539 g/mol. The molecule has 1 saturated heterocycles. The highest BCUT2D eigenvalue weighted by Crippen LogP contribution is 2.34. The SMILES string of the molecule is COc1ccc(C(=O)N(CCN2CCOCC2)CC(=O)N2N=C(c3cccc(OC)c3)C[C@@H]2c2ccc(F)cc2)cc1. The lowest BCUT2D eigenvalue weighted by molar-refractivity contribution is -0.133. The van der Waals surface area contributed by atoms with Gasteiger partial charge in [0.1, 0.15) is 23.9 Å². The number of carbonyl (C=O) groups is 2. The molecule has 220 valence electrons. The van der Waals surface area contributed by atoms with Crippen LogP contribution in [0.1, 0.15) is 33.9 Å². The molecule has 0 radical (unpaired) electrons. The van der Waals surface area contributed by atoms with E-state index in [0.717, 1.165) is 24.2 Å². The molecule has 0 N–H and O–H groups in total. The average Bonchev–Trinajstić information content (AvgIpc) is 3.49. The van der Waals surface area contributed by atoms with E-state index in [4.69, 9.17) is 19.3 Å². The first kappa shape index (κ1) is 29.2. The predicted molar refractivity (Wildman–Crippen MR) is 156 cm³/mol. The van der Waals surface area contributed by atoms with Gasteiger partial charge in [-0.05, 0) is 54.1 Å². The van der Waals surface area contributed by atoms with E-state index >= 15 is 0 Å². The number of carbonyl (C=O) groups excluding carboxylic acids is 2. The zero-order valence-electron chi connectivity index (χ0n) is 23.9. The Kier molecular flexibility index (Phi) is 9.45. The van der Waals surface area contributed by atoms with Crippen molar-refractivity contribution < 1.29 is 28.2 Å². The normalized spacial score (nSPS) is 17.1. The third kappa shape index (κ3) is 6.95. The summed E-state index contributed by atoms with van der Waals surface area (Å²) in [5.74, 6) is 0.376. The molecule has 3 aromatic carbocycles. The number of nitrogens with zero attached hydrogens (tertiary/aromatic N) is 4. The predicted octanol–water partition coefficient (Wildman–Crippen LogP) is 4.00. The van der Waals surface area contributed by atoms with Crippen LogP contribution >= 0.6 is 0 Å². The Labute approximate surface area is 245 Å². The first-order valence-electron chi connectivity index (χ1n) is 14.0. The van der Waals surface area contributed by atoms with Gasteiger partial charge in [-0.1, -0.05) is 24.3 Å². The van der Waals surface area contributed by atoms with Gasteiger partial charge >= 0.3 is 0 Å². The van der Waals surface area contributed by atoms with E-state index in [1.165, 1.54) is 17.1 Å². The van der Waals surface area contributed by atoms with Crippen molar-refractivity contribution >= 4 is 17.5 Å². The topological polar surface area (TPSA) is 83.9 Å². The van der Waals surface area contributed by atoms with Gasteiger partial charge in [0.15, 0.2) is 0 Å². The maximum atomic E-state index is 14.0. The third-order valence-electron chi connectivity index (χ3n) is 7.56. The Morgan fingerprint density at radius 3 is 2.38 bits per heavy atom. The zero-order chi connectivity index (χ0) is 29.5. The maximum Gasteiger partial charge on any atom is 0.262 e. The maximum absolute atomic E-state index is 14.0. The van der Waals surface area contributed by atoms with Crippen molar-refractivity contribution in [1.82, 2.24) is 14.8 Å².